The van der Waals surface area contributed by atoms with Gasteiger partial charge in [-0.3, -0.25) is 19.3 Å². The summed E-state index contributed by atoms with van der Waals surface area (Å²) in [7, 11) is 0. The van der Waals surface area contributed by atoms with Gasteiger partial charge < -0.3 is 4.74 Å². The predicted molar refractivity (Wildman–Crippen MR) is 98.8 cm³/mol. The zero-order valence-electron chi connectivity index (χ0n) is 14.3. The molecule has 0 radical (unpaired) electrons. The molecule has 6 heteroatoms. The van der Waals surface area contributed by atoms with Crippen LogP contribution in [0, 0.1) is 0 Å². The first-order valence-electron chi connectivity index (χ1n) is 8.07. The Morgan fingerprint density at radius 1 is 1.04 bits per heavy atom. The number of amides is 1. The van der Waals surface area contributed by atoms with Crippen LogP contribution in [0.5, 0.6) is 5.75 Å². The second-order valence-corrected chi connectivity index (χ2v) is 6.03. The normalized spacial score (nSPS) is 13.5. The highest BCUT2D eigenvalue weighted by Gasteiger charge is 2.36. The van der Waals surface area contributed by atoms with Gasteiger partial charge in [-0.25, -0.2) is 0 Å². The molecule has 26 heavy (non-hydrogen) atoms. The molecule has 0 atom stereocenters. The summed E-state index contributed by atoms with van der Waals surface area (Å²) in [6, 6.07) is 13.1. The van der Waals surface area contributed by atoms with Gasteiger partial charge in [0, 0.05) is 24.1 Å². The molecule has 2 aromatic rings. The van der Waals surface area contributed by atoms with E-state index < -0.39 is 17.5 Å². The van der Waals surface area contributed by atoms with Crippen LogP contribution < -0.4 is 9.64 Å². The topological polar surface area (TPSA) is 63.7 Å². The second-order valence-electron chi connectivity index (χ2n) is 5.65. The highest BCUT2D eigenvalue weighted by Crippen LogP contribution is 2.34. The minimum Gasteiger partial charge on any atom is -0.494 e. The molecular weight excluding hydrogens is 354 g/mol. The van der Waals surface area contributed by atoms with E-state index in [0.717, 1.165) is 4.90 Å². The maximum absolute atomic E-state index is 13.0. The first-order valence-corrected chi connectivity index (χ1v) is 8.45. The predicted octanol–water partition coefficient (Wildman–Crippen LogP) is 3.97. The smallest absolute Gasteiger partial charge is 0.228 e. The summed E-state index contributed by atoms with van der Waals surface area (Å²) in [5.74, 6) is -0.846. The number of ether oxygens (including phenoxy) is 1. The van der Waals surface area contributed by atoms with E-state index in [1.807, 2.05) is 6.92 Å². The Labute approximate surface area is 155 Å². The molecule has 0 spiro atoms. The van der Waals surface area contributed by atoms with E-state index in [2.05, 4.69) is 0 Å². The maximum Gasteiger partial charge on any atom is 0.228 e. The molecule has 132 valence electrons. The molecule has 2 aromatic carbocycles. The maximum atomic E-state index is 13.0. The summed E-state index contributed by atoms with van der Waals surface area (Å²) < 4.78 is 5.46. The van der Waals surface area contributed by atoms with Crippen LogP contribution in [0.15, 0.2) is 59.3 Å². The second kappa shape index (κ2) is 7.14. The Kier molecular flexibility index (Phi) is 4.91. The van der Waals surface area contributed by atoms with Gasteiger partial charge in [0.25, 0.3) is 0 Å². The van der Waals surface area contributed by atoms with Crippen molar-refractivity contribution in [1.82, 2.24) is 0 Å². The van der Waals surface area contributed by atoms with Crippen LogP contribution in [0.3, 0.4) is 0 Å². The minimum atomic E-state index is -0.482. The Bertz CT molecular complexity index is 948. The lowest BCUT2D eigenvalue weighted by Crippen LogP contribution is -2.36. The number of benzene rings is 2. The van der Waals surface area contributed by atoms with Crippen molar-refractivity contribution in [2.45, 2.75) is 13.8 Å². The molecule has 0 saturated heterocycles. The number of halogens is 1. The molecule has 0 bridgehead atoms. The van der Waals surface area contributed by atoms with Crippen molar-refractivity contribution in [3.8, 4) is 5.75 Å². The molecule has 0 aromatic heterocycles. The first kappa shape index (κ1) is 17.9. The third-order valence-electron chi connectivity index (χ3n) is 3.96. The summed E-state index contributed by atoms with van der Waals surface area (Å²) in [5, 5.41) is -0.272. The quantitative estimate of drug-likeness (QED) is 0.818. The zero-order valence-corrected chi connectivity index (χ0v) is 15.0. The van der Waals surface area contributed by atoms with Gasteiger partial charge in [0.2, 0.25) is 17.5 Å². The van der Waals surface area contributed by atoms with Gasteiger partial charge in [-0.1, -0.05) is 41.9 Å². The Hall–Kier alpha value is -2.92. The van der Waals surface area contributed by atoms with Crippen LogP contribution in [-0.4, -0.2) is 24.1 Å². The van der Waals surface area contributed by atoms with Crippen LogP contribution in [0.4, 0.5) is 5.69 Å². The fraction of sp³-hybridized carbons (Fsp3) is 0.150. The van der Waals surface area contributed by atoms with Crippen LogP contribution in [0.25, 0.3) is 0 Å². The molecule has 3 rings (SSSR count). The number of rotatable bonds is 4. The van der Waals surface area contributed by atoms with Crippen molar-refractivity contribution in [3.63, 3.8) is 0 Å². The molecule has 0 fully saturated rings. The molecule has 1 aliphatic carbocycles. The lowest BCUT2D eigenvalue weighted by molar-refractivity contribution is -0.116. The number of ketones is 2. The summed E-state index contributed by atoms with van der Waals surface area (Å²) in [5.41, 5.74) is 0.718. The summed E-state index contributed by atoms with van der Waals surface area (Å²) in [4.78, 5) is 39.1. The lowest BCUT2D eigenvalue weighted by Gasteiger charge is -2.27. The van der Waals surface area contributed by atoms with E-state index in [1.54, 1.807) is 48.5 Å². The van der Waals surface area contributed by atoms with E-state index in [1.165, 1.54) is 6.92 Å². The number of carbonyl (C=O) groups is 3. The standard InChI is InChI=1S/C20H16ClNO4/c1-3-26-14-8-6-7-13(11-14)22(12(2)23)18-17(21)19(24)15-9-4-5-10-16(15)20(18)25/h4-11H,3H2,1-2H3. The Morgan fingerprint density at radius 2 is 1.69 bits per heavy atom. The molecule has 0 unspecified atom stereocenters. The van der Waals surface area contributed by atoms with Crippen molar-refractivity contribution in [1.29, 1.82) is 0 Å². The highest BCUT2D eigenvalue weighted by atomic mass is 35.5. The number of hydrogen-bond donors (Lipinski definition) is 0. The van der Waals surface area contributed by atoms with Crippen molar-refractivity contribution in [2.24, 2.45) is 0 Å². The molecule has 0 saturated carbocycles. The van der Waals surface area contributed by atoms with Crippen molar-refractivity contribution < 1.29 is 19.1 Å². The summed E-state index contributed by atoms with van der Waals surface area (Å²) >= 11 is 6.23. The van der Waals surface area contributed by atoms with Gasteiger partial charge in [0.1, 0.15) is 16.5 Å². The van der Waals surface area contributed by atoms with Gasteiger partial charge in [-0.2, -0.15) is 0 Å². The van der Waals surface area contributed by atoms with Gasteiger partial charge in [0.05, 0.1) is 12.3 Å². The average Bonchev–Trinajstić information content (AvgIpc) is 2.63. The number of carbonyl (C=O) groups excluding carboxylic acids is 3. The van der Waals surface area contributed by atoms with Gasteiger partial charge >= 0.3 is 0 Å². The first-order chi connectivity index (χ1) is 12.5. The summed E-state index contributed by atoms with van der Waals surface area (Å²) in [6.45, 7) is 3.61. The van der Waals surface area contributed by atoms with Crippen LogP contribution >= 0.6 is 11.6 Å². The number of hydrogen-bond acceptors (Lipinski definition) is 4. The monoisotopic (exact) mass is 369 g/mol. The van der Waals surface area contributed by atoms with Crippen LogP contribution in [-0.2, 0) is 4.79 Å². The highest BCUT2D eigenvalue weighted by molar-refractivity contribution is 6.50. The largest absolute Gasteiger partial charge is 0.494 e. The number of nitrogens with zero attached hydrogens (tertiary/aromatic N) is 1. The lowest BCUT2D eigenvalue weighted by atomic mass is 9.91. The average molecular weight is 370 g/mol. The Balaban J connectivity index is 2.16. The third kappa shape index (κ3) is 3.02. The van der Waals surface area contributed by atoms with Crippen LogP contribution in [0.2, 0.25) is 0 Å². The number of Topliss-reactive ketones (excluding diaryl/α,β-unsaturated/α-hetero) is 2. The van der Waals surface area contributed by atoms with Gasteiger partial charge in [-0.05, 0) is 19.1 Å². The van der Waals surface area contributed by atoms with E-state index in [9.17, 15) is 14.4 Å². The number of anilines is 1. The van der Waals surface area contributed by atoms with Crippen molar-refractivity contribution >= 4 is 34.8 Å². The van der Waals surface area contributed by atoms with Crippen molar-refractivity contribution in [2.75, 3.05) is 11.5 Å². The van der Waals surface area contributed by atoms with Gasteiger partial charge in [-0.15, -0.1) is 0 Å². The van der Waals surface area contributed by atoms with Gasteiger partial charge in [0.15, 0.2) is 0 Å². The molecule has 0 N–H and O–H groups in total. The fourth-order valence-corrected chi connectivity index (χ4v) is 3.15. The van der Waals surface area contributed by atoms with E-state index in [-0.39, 0.29) is 21.9 Å². The molecule has 0 heterocycles. The molecule has 1 amide bonds. The van der Waals surface area contributed by atoms with E-state index >= 15 is 0 Å². The fourth-order valence-electron chi connectivity index (χ4n) is 2.88. The number of fused-ring (bicyclic) bond motifs is 1. The third-order valence-corrected chi connectivity index (χ3v) is 4.31. The van der Waals surface area contributed by atoms with Crippen molar-refractivity contribution in [3.05, 3.63) is 70.4 Å². The molecular formula is C20H16ClNO4. The van der Waals surface area contributed by atoms with E-state index in [0.29, 0.717) is 18.0 Å². The zero-order chi connectivity index (χ0) is 18.8. The minimum absolute atomic E-state index is 0.142. The molecule has 0 aliphatic heterocycles. The number of allylic oxidation sites excluding steroid dienone is 2. The summed E-state index contributed by atoms with van der Waals surface area (Å²) in [6.07, 6.45) is 0. The molecule has 1 aliphatic rings. The van der Waals surface area contributed by atoms with E-state index in [4.69, 9.17) is 16.3 Å². The Morgan fingerprint density at radius 3 is 2.31 bits per heavy atom. The SMILES string of the molecule is CCOc1cccc(N(C(C)=O)C2=C(Cl)C(=O)c3ccccc3C2=O)c1. The van der Waals surface area contributed by atoms with Crippen LogP contribution in [0.1, 0.15) is 34.6 Å². The molecule has 5 nitrogen and oxygen atoms in total.